The number of carboxylic acids is 1. The predicted molar refractivity (Wildman–Crippen MR) is 62.4 cm³/mol. The molecule has 1 aliphatic heterocycles. The molecular weight excluding hydrogens is 204 g/mol. The van der Waals surface area contributed by atoms with Crippen molar-refractivity contribution in [2.24, 2.45) is 5.92 Å². The Morgan fingerprint density at radius 2 is 2.19 bits per heavy atom. The lowest BCUT2D eigenvalue weighted by molar-refractivity contribution is -0.146. The molecule has 2 N–H and O–H groups in total. The van der Waals surface area contributed by atoms with Gasteiger partial charge in [-0.1, -0.05) is 0 Å². The van der Waals surface area contributed by atoms with E-state index in [1.54, 1.807) is 7.05 Å². The molecule has 2 unspecified atom stereocenters. The lowest BCUT2D eigenvalue weighted by atomic mass is 9.92. The second-order valence-corrected chi connectivity index (χ2v) is 5.26. The van der Waals surface area contributed by atoms with Crippen LogP contribution in [0.25, 0.3) is 0 Å². The van der Waals surface area contributed by atoms with E-state index in [-0.39, 0.29) is 0 Å². The summed E-state index contributed by atoms with van der Waals surface area (Å²) in [5.74, 6) is -0.362. The van der Waals surface area contributed by atoms with E-state index in [1.165, 1.54) is 12.8 Å². The molecule has 0 bridgehead atoms. The Labute approximate surface area is 97.0 Å². The van der Waals surface area contributed by atoms with E-state index in [9.17, 15) is 9.90 Å². The van der Waals surface area contributed by atoms with Crippen molar-refractivity contribution in [2.75, 3.05) is 20.1 Å². The summed E-state index contributed by atoms with van der Waals surface area (Å²) in [5, 5.41) is 12.6. The van der Waals surface area contributed by atoms with Crippen molar-refractivity contribution in [3.63, 3.8) is 0 Å². The first kappa shape index (κ1) is 11.9. The van der Waals surface area contributed by atoms with Gasteiger partial charge in [-0.15, -0.1) is 0 Å². The van der Waals surface area contributed by atoms with E-state index in [2.05, 4.69) is 17.1 Å². The molecule has 4 nitrogen and oxygen atoms in total. The molecule has 0 aromatic heterocycles. The van der Waals surface area contributed by atoms with E-state index >= 15 is 0 Å². The van der Waals surface area contributed by atoms with E-state index < -0.39 is 11.5 Å². The van der Waals surface area contributed by atoms with Gasteiger partial charge in [0.05, 0.1) is 0 Å². The maximum Gasteiger partial charge on any atom is 0.325 e. The molecule has 2 atom stereocenters. The molecule has 2 fully saturated rings. The van der Waals surface area contributed by atoms with Crippen LogP contribution in [-0.4, -0.2) is 47.7 Å². The van der Waals surface area contributed by atoms with E-state index in [4.69, 9.17) is 0 Å². The monoisotopic (exact) mass is 226 g/mol. The number of carbonyl (C=O) groups is 1. The summed E-state index contributed by atoms with van der Waals surface area (Å²) >= 11 is 0. The van der Waals surface area contributed by atoms with E-state index in [1.807, 2.05) is 0 Å². The molecule has 2 rings (SSSR count). The third-order valence-corrected chi connectivity index (χ3v) is 4.25. The summed E-state index contributed by atoms with van der Waals surface area (Å²) < 4.78 is 0. The summed E-state index contributed by atoms with van der Waals surface area (Å²) in [5.41, 5.74) is -0.710. The first-order valence-electron chi connectivity index (χ1n) is 6.26. The summed E-state index contributed by atoms with van der Waals surface area (Å²) in [6.45, 7) is 3.90. The number of hydrogen-bond acceptors (Lipinski definition) is 3. The zero-order valence-electron chi connectivity index (χ0n) is 10.2. The fraction of sp³-hybridized carbons (Fsp3) is 0.917. The minimum Gasteiger partial charge on any atom is -0.480 e. The van der Waals surface area contributed by atoms with Crippen LogP contribution in [0.4, 0.5) is 0 Å². The summed E-state index contributed by atoms with van der Waals surface area (Å²) in [7, 11) is 1.78. The largest absolute Gasteiger partial charge is 0.480 e. The Balaban J connectivity index is 2.09. The van der Waals surface area contributed by atoms with Gasteiger partial charge in [0.1, 0.15) is 5.54 Å². The third kappa shape index (κ3) is 1.96. The van der Waals surface area contributed by atoms with Crippen LogP contribution in [0.3, 0.4) is 0 Å². The number of nitrogens with zero attached hydrogens (tertiary/aromatic N) is 1. The molecule has 0 radical (unpaired) electrons. The van der Waals surface area contributed by atoms with Crippen LogP contribution >= 0.6 is 0 Å². The van der Waals surface area contributed by atoms with Crippen LogP contribution in [0.2, 0.25) is 0 Å². The second-order valence-electron chi connectivity index (χ2n) is 5.26. The van der Waals surface area contributed by atoms with Gasteiger partial charge in [-0.05, 0) is 52.1 Å². The van der Waals surface area contributed by atoms with Crippen molar-refractivity contribution in [2.45, 2.75) is 44.2 Å². The minimum absolute atomic E-state index is 0.322. The molecule has 1 saturated carbocycles. The molecule has 4 heteroatoms. The van der Waals surface area contributed by atoms with Gasteiger partial charge in [-0.3, -0.25) is 9.69 Å². The molecular formula is C12H22N2O2. The van der Waals surface area contributed by atoms with Crippen molar-refractivity contribution in [3.8, 4) is 0 Å². The van der Waals surface area contributed by atoms with Crippen molar-refractivity contribution >= 4 is 5.97 Å². The minimum atomic E-state index is -0.710. The van der Waals surface area contributed by atoms with Gasteiger partial charge >= 0.3 is 5.97 Å². The molecule has 1 saturated heterocycles. The number of likely N-dealkylation sites (tertiary alicyclic amines) is 1. The highest BCUT2D eigenvalue weighted by Gasteiger charge is 2.51. The summed E-state index contributed by atoms with van der Waals surface area (Å²) in [6, 6.07) is 0.533. The van der Waals surface area contributed by atoms with Gasteiger partial charge in [0.15, 0.2) is 0 Å². The van der Waals surface area contributed by atoms with Crippen molar-refractivity contribution in [1.29, 1.82) is 0 Å². The molecule has 1 heterocycles. The fourth-order valence-electron chi connectivity index (χ4n) is 2.89. The molecule has 0 amide bonds. The quantitative estimate of drug-likeness (QED) is 0.732. The highest BCUT2D eigenvalue weighted by Crippen LogP contribution is 2.41. The number of rotatable bonds is 5. The summed E-state index contributed by atoms with van der Waals surface area (Å²) in [6.07, 6.45) is 4.50. The number of aliphatic carboxylic acids is 1. The Hall–Kier alpha value is -0.610. The normalized spacial score (nSPS) is 30.2. The molecule has 0 aromatic rings. The summed E-state index contributed by atoms with van der Waals surface area (Å²) in [4.78, 5) is 13.9. The van der Waals surface area contributed by atoms with Crippen LogP contribution in [0.1, 0.15) is 32.6 Å². The average molecular weight is 226 g/mol. The number of nitrogens with one attached hydrogen (secondary N) is 1. The van der Waals surface area contributed by atoms with Crippen molar-refractivity contribution in [1.82, 2.24) is 10.2 Å². The van der Waals surface area contributed by atoms with Crippen LogP contribution in [-0.2, 0) is 4.79 Å². The Morgan fingerprint density at radius 1 is 1.50 bits per heavy atom. The number of likely N-dealkylation sites (N-methyl/N-ethyl adjacent to an activating group) is 1. The maximum absolute atomic E-state index is 11.5. The smallest absolute Gasteiger partial charge is 0.325 e. The average Bonchev–Trinajstić information content (AvgIpc) is 3.01. The second kappa shape index (κ2) is 4.34. The Bertz CT molecular complexity index is 278. The Kier molecular flexibility index (Phi) is 3.22. The van der Waals surface area contributed by atoms with Gasteiger partial charge in [0.2, 0.25) is 0 Å². The molecule has 0 spiro atoms. The van der Waals surface area contributed by atoms with Gasteiger partial charge in [-0.2, -0.15) is 0 Å². The first-order chi connectivity index (χ1) is 7.60. The molecule has 1 aliphatic carbocycles. The highest BCUT2D eigenvalue weighted by atomic mass is 16.4. The lowest BCUT2D eigenvalue weighted by Gasteiger charge is -2.35. The molecule has 0 aromatic carbocycles. The maximum atomic E-state index is 11.5. The first-order valence-corrected chi connectivity index (χ1v) is 6.26. The van der Waals surface area contributed by atoms with Gasteiger partial charge in [0, 0.05) is 12.6 Å². The standard InChI is InChI=1S/C12H22N2O2/c1-9-4-3-7-14(9)8-12(13-2,11(15)16)10-5-6-10/h9-10,13H,3-8H2,1-2H3,(H,15,16). The Morgan fingerprint density at radius 3 is 2.56 bits per heavy atom. The lowest BCUT2D eigenvalue weighted by Crippen LogP contribution is -2.60. The third-order valence-electron chi connectivity index (χ3n) is 4.25. The topological polar surface area (TPSA) is 52.6 Å². The van der Waals surface area contributed by atoms with E-state index in [0.717, 1.165) is 19.4 Å². The van der Waals surface area contributed by atoms with Gasteiger partial charge < -0.3 is 10.4 Å². The highest BCUT2D eigenvalue weighted by molar-refractivity contribution is 5.80. The number of hydrogen-bond donors (Lipinski definition) is 2. The molecule has 16 heavy (non-hydrogen) atoms. The van der Waals surface area contributed by atoms with Crippen molar-refractivity contribution in [3.05, 3.63) is 0 Å². The van der Waals surface area contributed by atoms with Crippen molar-refractivity contribution < 1.29 is 9.90 Å². The van der Waals surface area contributed by atoms with Gasteiger partial charge in [-0.25, -0.2) is 0 Å². The predicted octanol–water partition coefficient (Wildman–Crippen LogP) is 0.923. The zero-order chi connectivity index (χ0) is 11.8. The molecule has 2 aliphatic rings. The van der Waals surface area contributed by atoms with Crippen LogP contribution < -0.4 is 5.32 Å². The fourth-order valence-corrected chi connectivity index (χ4v) is 2.89. The van der Waals surface area contributed by atoms with Crippen LogP contribution in [0.5, 0.6) is 0 Å². The zero-order valence-corrected chi connectivity index (χ0v) is 10.2. The number of carboxylic acid groups (broad SMARTS) is 1. The van der Waals surface area contributed by atoms with Crippen LogP contribution in [0.15, 0.2) is 0 Å². The van der Waals surface area contributed by atoms with Gasteiger partial charge in [0.25, 0.3) is 0 Å². The SMILES string of the molecule is CNC(CN1CCCC1C)(C(=O)O)C1CC1. The van der Waals surface area contributed by atoms with Crippen LogP contribution in [0, 0.1) is 5.92 Å². The molecule has 92 valence electrons. The van der Waals surface area contributed by atoms with E-state index in [0.29, 0.717) is 18.5 Å².